The molecule has 2 heterocycles. The Kier molecular flexibility index (Phi) is 7.07. The molecular weight excluding hydrogens is 388 g/mol. The molecule has 0 aliphatic carbocycles. The molecule has 1 aliphatic rings. The van der Waals surface area contributed by atoms with Gasteiger partial charge in [0.2, 0.25) is 10.0 Å². The predicted molar refractivity (Wildman–Crippen MR) is 111 cm³/mol. The van der Waals surface area contributed by atoms with Crippen molar-refractivity contribution in [3.8, 4) is 11.8 Å². The molecule has 0 spiro atoms. The summed E-state index contributed by atoms with van der Waals surface area (Å²) >= 11 is 0. The Morgan fingerprint density at radius 3 is 2.62 bits per heavy atom. The van der Waals surface area contributed by atoms with E-state index in [4.69, 9.17) is 4.74 Å². The van der Waals surface area contributed by atoms with Crippen molar-refractivity contribution >= 4 is 15.8 Å². The first-order chi connectivity index (χ1) is 14.0. The molecule has 1 saturated heterocycles. The zero-order chi connectivity index (χ0) is 20.7. The Balaban J connectivity index is 1.52. The summed E-state index contributed by atoms with van der Waals surface area (Å²) in [7, 11) is -3.55. The fourth-order valence-corrected chi connectivity index (χ4v) is 4.45. The molecule has 29 heavy (non-hydrogen) atoms. The molecule has 3 rings (SSSR count). The number of anilines is 1. The lowest BCUT2D eigenvalue weighted by Crippen LogP contribution is -2.39. The van der Waals surface area contributed by atoms with Gasteiger partial charge in [0.25, 0.3) is 0 Å². The predicted octanol–water partition coefficient (Wildman–Crippen LogP) is 2.94. The number of rotatable bonds is 8. The number of hydrogen-bond acceptors (Lipinski definition) is 6. The second kappa shape index (κ2) is 9.72. The molecule has 0 saturated carbocycles. The largest absolute Gasteiger partial charge is 0.494 e. The van der Waals surface area contributed by atoms with E-state index >= 15 is 0 Å². The van der Waals surface area contributed by atoms with Crippen molar-refractivity contribution < 1.29 is 13.2 Å². The van der Waals surface area contributed by atoms with Crippen molar-refractivity contribution in [2.24, 2.45) is 5.92 Å². The maximum Gasteiger partial charge on any atom is 0.240 e. The topological polar surface area (TPSA) is 95.3 Å². The number of piperidine rings is 1. The summed E-state index contributed by atoms with van der Waals surface area (Å²) in [4.78, 5) is 6.67. The Bertz CT molecular complexity index is 947. The first-order valence-corrected chi connectivity index (χ1v) is 11.3. The average Bonchev–Trinajstić information content (AvgIpc) is 2.77. The maximum absolute atomic E-state index is 12.6. The molecule has 0 atom stereocenters. The molecule has 1 N–H and O–H groups in total. The molecule has 1 aromatic heterocycles. The lowest BCUT2D eigenvalue weighted by molar-refractivity contribution is 0.317. The summed E-state index contributed by atoms with van der Waals surface area (Å²) in [6, 6.07) is 12.2. The molecule has 2 aromatic rings. The zero-order valence-electron chi connectivity index (χ0n) is 16.5. The van der Waals surface area contributed by atoms with Gasteiger partial charge in [-0.3, -0.25) is 0 Å². The smallest absolute Gasteiger partial charge is 0.240 e. The average molecular weight is 415 g/mol. The highest BCUT2D eigenvalue weighted by molar-refractivity contribution is 7.89. The number of pyridine rings is 1. The minimum Gasteiger partial charge on any atom is -0.494 e. The maximum atomic E-state index is 12.6. The summed E-state index contributed by atoms with van der Waals surface area (Å²) in [6.45, 7) is 4.53. The second-order valence-electron chi connectivity index (χ2n) is 7.09. The quantitative estimate of drug-likeness (QED) is 0.714. The van der Waals surface area contributed by atoms with E-state index in [9.17, 15) is 13.7 Å². The van der Waals surface area contributed by atoms with Crippen LogP contribution in [0.5, 0.6) is 5.75 Å². The van der Waals surface area contributed by atoms with Crippen LogP contribution in [0.25, 0.3) is 0 Å². The molecule has 8 heteroatoms. The van der Waals surface area contributed by atoms with Crippen LogP contribution in [0.4, 0.5) is 5.82 Å². The molecule has 0 radical (unpaired) electrons. The van der Waals surface area contributed by atoms with Gasteiger partial charge in [0.1, 0.15) is 17.6 Å². The SMILES string of the molecule is CCCOc1ccc(S(=O)(=O)NCC2CCN(c3ncccc3C#N)CC2)cc1. The number of aromatic nitrogens is 1. The van der Waals surface area contributed by atoms with Crippen LogP contribution in [0, 0.1) is 17.2 Å². The van der Waals surface area contributed by atoms with Gasteiger partial charge in [-0.25, -0.2) is 18.1 Å². The monoisotopic (exact) mass is 414 g/mol. The summed E-state index contributed by atoms with van der Waals surface area (Å²) < 4.78 is 33.3. The molecule has 154 valence electrons. The van der Waals surface area contributed by atoms with Crippen molar-refractivity contribution in [2.75, 3.05) is 31.1 Å². The van der Waals surface area contributed by atoms with Crippen molar-refractivity contribution in [3.63, 3.8) is 0 Å². The van der Waals surface area contributed by atoms with Crippen LogP contribution >= 0.6 is 0 Å². The Morgan fingerprint density at radius 2 is 1.97 bits per heavy atom. The lowest BCUT2D eigenvalue weighted by atomic mass is 9.97. The molecule has 1 aliphatic heterocycles. The minimum atomic E-state index is -3.55. The Hall–Kier alpha value is -2.63. The van der Waals surface area contributed by atoms with E-state index in [2.05, 4.69) is 20.7 Å². The van der Waals surface area contributed by atoms with Gasteiger partial charge in [0, 0.05) is 25.8 Å². The molecule has 0 amide bonds. The van der Waals surface area contributed by atoms with E-state index in [0.717, 1.165) is 32.4 Å². The van der Waals surface area contributed by atoms with Gasteiger partial charge in [0.05, 0.1) is 17.1 Å². The lowest BCUT2D eigenvalue weighted by Gasteiger charge is -2.33. The Labute approximate surface area is 172 Å². The zero-order valence-corrected chi connectivity index (χ0v) is 17.4. The normalized spacial score (nSPS) is 15.1. The molecule has 1 fully saturated rings. The van der Waals surface area contributed by atoms with Crippen molar-refractivity contribution in [2.45, 2.75) is 31.1 Å². The Morgan fingerprint density at radius 1 is 1.24 bits per heavy atom. The van der Waals surface area contributed by atoms with Crippen LogP contribution in [0.1, 0.15) is 31.7 Å². The van der Waals surface area contributed by atoms with Crippen LogP contribution in [0.3, 0.4) is 0 Å². The van der Waals surface area contributed by atoms with E-state index in [1.807, 2.05) is 6.92 Å². The first kappa shape index (κ1) is 21.1. The van der Waals surface area contributed by atoms with Gasteiger partial charge >= 0.3 is 0 Å². The van der Waals surface area contributed by atoms with Gasteiger partial charge in [-0.1, -0.05) is 6.92 Å². The molecule has 0 bridgehead atoms. The second-order valence-corrected chi connectivity index (χ2v) is 8.86. The minimum absolute atomic E-state index is 0.242. The van der Waals surface area contributed by atoms with Gasteiger partial charge in [-0.2, -0.15) is 5.26 Å². The summed E-state index contributed by atoms with van der Waals surface area (Å²) in [5.74, 6) is 1.63. The third-order valence-corrected chi connectivity index (χ3v) is 6.43. The van der Waals surface area contributed by atoms with Gasteiger partial charge < -0.3 is 9.64 Å². The van der Waals surface area contributed by atoms with E-state index < -0.39 is 10.0 Å². The number of nitrogens with zero attached hydrogens (tertiary/aromatic N) is 3. The standard InChI is InChI=1S/C21H26N4O3S/c1-2-14-28-19-5-7-20(8-6-19)29(26,27)24-16-17-9-12-25(13-10-17)21-18(15-22)4-3-11-23-21/h3-8,11,17,24H,2,9-10,12-14,16H2,1H3. The number of nitrogens with one attached hydrogen (secondary N) is 1. The van der Waals surface area contributed by atoms with Crippen LogP contribution in [-0.4, -0.2) is 39.6 Å². The van der Waals surface area contributed by atoms with Crippen LogP contribution in [0.15, 0.2) is 47.5 Å². The number of hydrogen-bond donors (Lipinski definition) is 1. The van der Waals surface area contributed by atoms with Gasteiger partial charge in [-0.05, 0) is 61.6 Å². The third kappa shape index (κ3) is 5.46. The van der Waals surface area contributed by atoms with Gasteiger partial charge in [-0.15, -0.1) is 0 Å². The van der Waals surface area contributed by atoms with Crippen LogP contribution in [0.2, 0.25) is 0 Å². The highest BCUT2D eigenvalue weighted by Gasteiger charge is 2.23. The van der Waals surface area contributed by atoms with E-state index in [-0.39, 0.29) is 10.8 Å². The fourth-order valence-electron chi connectivity index (χ4n) is 3.33. The highest BCUT2D eigenvalue weighted by atomic mass is 32.2. The number of ether oxygens (including phenoxy) is 1. The fraction of sp³-hybridized carbons (Fsp3) is 0.429. The molecule has 0 unspecified atom stereocenters. The molecule has 7 nitrogen and oxygen atoms in total. The van der Waals surface area contributed by atoms with Gasteiger partial charge in [0.15, 0.2) is 0 Å². The van der Waals surface area contributed by atoms with Crippen molar-refractivity contribution in [1.82, 2.24) is 9.71 Å². The first-order valence-electron chi connectivity index (χ1n) is 9.86. The van der Waals surface area contributed by atoms with E-state index in [1.54, 1.807) is 42.6 Å². The van der Waals surface area contributed by atoms with E-state index in [0.29, 0.717) is 30.3 Å². The number of benzene rings is 1. The van der Waals surface area contributed by atoms with Crippen molar-refractivity contribution in [3.05, 3.63) is 48.2 Å². The summed E-state index contributed by atoms with van der Waals surface area (Å²) in [5.41, 5.74) is 0.568. The summed E-state index contributed by atoms with van der Waals surface area (Å²) in [5, 5.41) is 9.24. The summed E-state index contributed by atoms with van der Waals surface area (Å²) in [6.07, 6.45) is 4.27. The van der Waals surface area contributed by atoms with Crippen molar-refractivity contribution in [1.29, 1.82) is 5.26 Å². The number of sulfonamides is 1. The highest BCUT2D eigenvalue weighted by Crippen LogP contribution is 2.24. The van der Waals surface area contributed by atoms with Crippen LogP contribution < -0.4 is 14.4 Å². The van der Waals surface area contributed by atoms with Crippen LogP contribution in [-0.2, 0) is 10.0 Å². The van der Waals surface area contributed by atoms with E-state index in [1.165, 1.54) is 0 Å². The molecule has 1 aromatic carbocycles. The molecular formula is C21H26N4O3S. The number of nitriles is 1. The third-order valence-electron chi connectivity index (χ3n) is 4.99.